The molecule has 1 N–H and O–H groups in total. The molecule has 0 bridgehead atoms. The van der Waals surface area contributed by atoms with Crippen molar-refractivity contribution in [1.29, 1.82) is 0 Å². The molecule has 0 radical (unpaired) electrons. The summed E-state index contributed by atoms with van der Waals surface area (Å²) in [6, 6.07) is 21.7. The molecule has 0 unspecified atom stereocenters. The van der Waals surface area contributed by atoms with Gasteiger partial charge in [0.1, 0.15) is 17.2 Å². The number of benzene rings is 3. The maximum atomic E-state index is 6.03. The fraction of sp³-hybridized carbons (Fsp3) is 0.250. The molecule has 5 heteroatoms. The first-order valence-electron chi connectivity index (χ1n) is 9.55. The van der Waals surface area contributed by atoms with Crippen molar-refractivity contribution in [1.82, 2.24) is 5.32 Å². The van der Waals surface area contributed by atoms with Gasteiger partial charge in [-0.3, -0.25) is 0 Å². The lowest BCUT2D eigenvalue weighted by molar-refractivity contribution is 0.347. The number of para-hydroxylation sites is 2. The number of methoxy groups -OCH3 is 3. The van der Waals surface area contributed by atoms with Gasteiger partial charge in [-0.25, -0.2) is 0 Å². The van der Waals surface area contributed by atoms with Gasteiger partial charge in [-0.1, -0.05) is 36.4 Å². The zero-order valence-electron chi connectivity index (χ0n) is 17.1. The maximum absolute atomic E-state index is 6.03. The molecule has 0 fully saturated rings. The zero-order chi connectivity index (χ0) is 20.5. The van der Waals surface area contributed by atoms with E-state index in [0.717, 1.165) is 41.3 Å². The van der Waals surface area contributed by atoms with E-state index in [1.807, 2.05) is 60.7 Å². The third-order valence-corrected chi connectivity index (χ3v) is 4.62. The van der Waals surface area contributed by atoms with E-state index in [0.29, 0.717) is 18.0 Å². The Labute approximate surface area is 172 Å². The lowest BCUT2D eigenvalue weighted by atomic mass is 10.1. The van der Waals surface area contributed by atoms with E-state index in [2.05, 4.69) is 11.4 Å². The Balaban J connectivity index is 1.61. The first kappa shape index (κ1) is 20.6. The van der Waals surface area contributed by atoms with Crippen molar-refractivity contribution >= 4 is 0 Å². The van der Waals surface area contributed by atoms with E-state index < -0.39 is 0 Å². The second-order valence-electron chi connectivity index (χ2n) is 6.47. The second-order valence-corrected chi connectivity index (χ2v) is 6.47. The fourth-order valence-electron chi connectivity index (χ4n) is 3.10. The number of rotatable bonds is 10. The first-order valence-corrected chi connectivity index (χ1v) is 9.55. The highest BCUT2D eigenvalue weighted by atomic mass is 16.5. The Bertz CT molecular complexity index is 912. The molecular formula is C24H27NO4. The molecular weight excluding hydrogens is 366 g/mol. The van der Waals surface area contributed by atoms with Crippen LogP contribution in [0.3, 0.4) is 0 Å². The van der Waals surface area contributed by atoms with Gasteiger partial charge in [0.15, 0.2) is 11.5 Å². The predicted octanol–water partition coefficient (Wildman–Crippen LogP) is 4.84. The van der Waals surface area contributed by atoms with E-state index in [1.54, 1.807) is 21.3 Å². The largest absolute Gasteiger partial charge is 0.496 e. The van der Waals surface area contributed by atoms with Gasteiger partial charge in [-0.15, -0.1) is 0 Å². The van der Waals surface area contributed by atoms with Gasteiger partial charge in [0, 0.05) is 18.2 Å². The molecule has 0 atom stereocenters. The summed E-state index contributed by atoms with van der Waals surface area (Å²) in [5.74, 6) is 3.83. The Morgan fingerprint density at radius 3 is 2.03 bits per heavy atom. The van der Waals surface area contributed by atoms with E-state index in [1.165, 1.54) is 0 Å². The maximum Gasteiger partial charge on any atom is 0.164 e. The van der Waals surface area contributed by atoms with Gasteiger partial charge >= 0.3 is 0 Å². The third-order valence-electron chi connectivity index (χ3n) is 4.62. The smallest absolute Gasteiger partial charge is 0.164 e. The zero-order valence-corrected chi connectivity index (χ0v) is 17.1. The summed E-state index contributed by atoms with van der Waals surface area (Å²) in [5.41, 5.74) is 2.17. The van der Waals surface area contributed by atoms with Crippen LogP contribution in [-0.4, -0.2) is 27.9 Å². The lowest BCUT2D eigenvalue weighted by Crippen LogP contribution is -2.17. The highest BCUT2D eigenvalue weighted by Crippen LogP contribution is 2.34. The Morgan fingerprint density at radius 1 is 0.655 bits per heavy atom. The lowest BCUT2D eigenvalue weighted by Gasteiger charge is -2.15. The van der Waals surface area contributed by atoms with Crippen molar-refractivity contribution in [2.24, 2.45) is 0 Å². The van der Waals surface area contributed by atoms with Crippen molar-refractivity contribution in [2.45, 2.75) is 13.0 Å². The summed E-state index contributed by atoms with van der Waals surface area (Å²) < 4.78 is 22.3. The molecule has 0 heterocycles. The third kappa shape index (κ3) is 5.42. The molecule has 0 aliphatic carbocycles. The Kier molecular flexibility index (Phi) is 7.36. The van der Waals surface area contributed by atoms with Crippen LogP contribution >= 0.6 is 0 Å². The summed E-state index contributed by atoms with van der Waals surface area (Å²) in [6.45, 7) is 1.49. The van der Waals surface area contributed by atoms with E-state index >= 15 is 0 Å². The standard InChI is InChI=1S/C24H27NO4/c1-26-22-16-24(28-3)23(27-2)15-18(22)13-14-25-17-19-9-7-8-12-21(19)29-20-10-5-4-6-11-20/h4-12,15-16,25H,13-14,17H2,1-3H3. The van der Waals surface area contributed by atoms with Crippen LogP contribution < -0.4 is 24.3 Å². The Hall–Kier alpha value is -3.18. The molecule has 3 aromatic carbocycles. The van der Waals surface area contributed by atoms with Crippen LogP contribution in [0, 0.1) is 0 Å². The second kappa shape index (κ2) is 10.4. The van der Waals surface area contributed by atoms with E-state index in [-0.39, 0.29) is 0 Å². The molecule has 0 aromatic heterocycles. The SMILES string of the molecule is COc1cc(OC)c(OC)cc1CCNCc1ccccc1Oc1ccccc1. The molecule has 0 aliphatic rings. The summed E-state index contributed by atoms with van der Waals surface area (Å²) in [6.07, 6.45) is 0.797. The highest BCUT2D eigenvalue weighted by molar-refractivity contribution is 5.50. The molecule has 3 rings (SSSR count). The van der Waals surface area contributed by atoms with Crippen LogP contribution in [0.5, 0.6) is 28.7 Å². The molecule has 0 aliphatic heterocycles. The van der Waals surface area contributed by atoms with Crippen molar-refractivity contribution in [3.05, 3.63) is 77.9 Å². The summed E-state index contributed by atoms with van der Waals surface area (Å²) >= 11 is 0. The molecule has 0 saturated carbocycles. The fourth-order valence-corrected chi connectivity index (χ4v) is 3.10. The average Bonchev–Trinajstić information content (AvgIpc) is 2.77. The van der Waals surface area contributed by atoms with Crippen LogP contribution in [0.25, 0.3) is 0 Å². The van der Waals surface area contributed by atoms with Gasteiger partial charge in [0.25, 0.3) is 0 Å². The molecule has 3 aromatic rings. The minimum atomic E-state index is 0.660. The quantitative estimate of drug-likeness (QED) is 0.500. The molecule has 29 heavy (non-hydrogen) atoms. The number of nitrogens with one attached hydrogen (secondary N) is 1. The van der Waals surface area contributed by atoms with Gasteiger partial charge < -0.3 is 24.3 Å². The summed E-state index contributed by atoms with van der Waals surface area (Å²) in [4.78, 5) is 0. The normalized spacial score (nSPS) is 10.4. The molecule has 152 valence electrons. The van der Waals surface area contributed by atoms with Crippen molar-refractivity contribution < 1.29 is 18.9 Å². The minimum Gasteiger partial charge on any atom is -0.496 e. The molecule has 0 amide bonds. The van der Waals surface area contributed by atoms with Crippen molar-refractivity contribution in [3.8, 4) is 28.7 Å². The van der Waals surface area contributed by atoms with E-state index in [9.17, 15) is 0 Å². The van der Waals surface area contributed by atoms with Crippen LogP contribution in [0.4, 0.5) is 0 Å². The minimum absolute atomic E-state index is 0.660. The molecule has 0 spiro atoms. The van der Waals surface area contributed by atoms with Crippen molar-refractivity contribution in [3.63, 3.8) is 0 Å². The Morgan fingerprint density at radius 2 is 1.31 bits per heavy atom. The topological polar surface area (TPSA) is 49.0 Å². The summed E-state index contributed by atoms with van der Waals surface area (Å²) in [5, 5.41) is 3.49. The molecule has 5 nitrogen and oxygen atoms in total. The predicted molar refractivity (Wildman–Crippen MR) is 114 cm³/mol. The number of ether oxygens (including phenoxy) is 4. The van der Waals surface area contributed by atoms with Gasteiger partial charge in [0.05, 0.1) is 21.3 Å². The van der Waals surface area contributed by atoms with Gasteiger partial charge in [0.2, 0.25) is 0 Å². The number of hydrogen-bond acceptors (Lipinski definition) is 5. The highest BCUT2D eigenvalue weighted by Gasteiger charge is 2.12. The first-order chi connectivity index (χ1) is 14.2. The molecule has 0 saturated heterocycles. The van der Waals surface area contributed by atoms with Gasteiger partial charge in [-0.05, 0) is 42.8 Å². The van der Waals surface area contributed by atoms with E-state index in [4.69, 9.17) is 18.9 Å². The number of hydrogen-bond donors (Lipinski definition) is 1. The summed E-state index contributed by atoms with van der Waals surface area (Å²) in [7, 11) is 4.92. The van der Waals surface area contributed by atoms with Crippen LogP contribution in [0.2, 0.25) is 0 Å². The van der Waals surface area contributed by atoms with Crippen LogP contribution in [0.1, 0.15) is 11.1 Å². The van der Waals surface area contributed by atoms with Gasteiger partial charge in [-0.2, -0.15) is 0 Å². The van der Waals surface area contributed by atoms with Crippen molar-refractivity contribution in [2.75, 3.05) is 27.9 Å². The van der Waals surface area contributed by atoms with Crippen LogP contribution in [0.15, 0.2) is 66.7 Å². The van der Waals surface area contributed by atoms with Crippen LogP contribution in [-0.2, 0) is 13.0 Å². The average molecular weight is 393 g/mol. The monoisotopic (exact) mass is 393 g/mol.